The molecule has 1 aliphatic rings. The normalized spacial score (nSPS) is 14.3. The van der Waals surface area contributed by atoms with Crippen LogP contribution in [-0.4, -0.2) is 44.8 Å². The van der Waals surface area contributed by atoms with Crippen LogP contribution in [0.5, 0.6) is 0 Å². The number of pyridine rings is 1. The van der Waals surface area contributed by atoms with E-state index in [1.165, 1.54) is 18.3 Å². The van der Waals surface area contributed by atoms with Crippen LogP contribution in [0.25, 0.3) is 21.6 Å². The van der Waals surface area contributed by atoms with Crippen LogP contribution in [0.15, 0.2) is 29.8 Å². The van der Waals surface area contributed by atoms with Gasteiger partial charge in [-0.3, -0.25) is 10.1 Å². The van der Waals surface area contributed by atoms with E-state index in [0.717, 1.165) is 17.7 Å². The SMILES string of the molecule is CCn1ncc2c(C(=O)OC(C)C(=O)NC(=O)NC3CC3)cc(-c3cccs3)nc21. The molecule has 156 valence electrons. The topological polar surface area (TPSA) is 115 Å². The van der Waals surface area contributed by atoms with Crippen LogP contribution in [0.3, 0.4) is 0 Å². The lowest BCUT2D eigenvalue weighted by molar-refractivity contribution is -0.127. The second kappa shape index (κ2) is 8.23. The van der Waals surface area contributed by atoms with Crippen LogP contribution in [-0.2, 0) is 16.1 Å². The Hall–Kier alpha value is -3.27. The Morgan fingerprint density at radius 3 is 2.83 bits per heavy atom. The Balaban J connectivity index is 1.56. The second-order valence-electron chi connectivity index (χ2n) is 7.01. The summed E-state index contributed by atoms with van der Waals surface area (Å²) in [6, 6.07) is 4.99. The van der Waals surface area contributed by atoms with Crippen LogP contribution in [0.1, 0.15) is 37.0 Å². The predicted molar refractivity (Wildman–Crippen MR) is 111 cm³/mol. The summed E-state index contributed by atoms with van der Waals surface area (Å²) in [7, 11) is 0. The van der Waals surface area contributed by atoms with Gasteiger partial charge in [-0.2, -0.15) is 5.10 Å². The number of nitrogens with one attached hydrogen (secondary N) is 2. The van der Waals surface area contributed by atoms with E-state index in [1.54, 1.807) is 16.9 Å². The zero-order chi connectivity index (χ0) is 21.3. The molecule has 10 heteroatoms. The number of hydrogen-bond donors (Lipinski definition) is 2. The highest BCUT2D eigenvalue weighted by molar-refractivity contribution is 7.13. The molecule has 1 fully saturated rings. The van der Waals surface area contributed by atoms with Crippen molar-refractivity contribution >= 4 is 40.3 Å². The molecule has 0 saturated heterocycles. The number of amides is 3. The highest BCUT2D eigenvalue weighted by atomic mass is 32.1. The van der Waals surface area contributed by atoms with Crippen molar-refractivity contribution in [2.75, 3.05) is 0 Å². The van der Waals surface area contributed by atoms with Gasteiger partial charge >= 0.3 is 12.0 Å². The first kappa shape index (κ1) is 20.0. The quantitative estimate of drug-likeness (QED) is 0.585. The molecule has 3 amide bonds. The van der Waals surface area contributed by atoms with E-state index >= 15 is 0 Å². The lowest BCUT2D eigenvalue weighted by Crippen LogP contribution is -2.45. The third-order valence-electron chi connectivity index (χ3n) is 4.70. The number of fused-ring (bicyclic) bond motifs is 1. The summed E-state index contributed by atoms with van der Waals surface area (Å²) in [4.78, 5) is 42.4. The molecule has 3 aromatic rings. The second-order valence-corrected chi connectivity index (χ2v) is 7.96. The Kier molecular flexibility index (Phi) is 5.49. The zero-order valence-corrected chi connectivity index (χ0v) is 17.4. The fourth-order valence-electron chi connectivity index (χ4n) is 2.94. The summed E-state index contributed by atoms with van der Waals surface area (Å²) in [6.07, 6.45) is 2.23. The highest BCUT2D eigenvalue weighted by Crippen LogP contribution is 2.28. The molecule has 0 spiro atoms. The van der Waals surface area contributed by atoms with Gasteiger partial charge in [0, 0.05) is 12.6 Å². The van der Waals surface area contributed by atoms with Gasteiger partial charge in [-0.05, 0) is 44.2 Å². The fourth-order valence-corrected chi connectivity index (χ4v) is 3.62. The standard InChI is InChI=1S/C20H21N5O4S/c1-3-25-17-14(10-21-25)13(9-15(23-17)16-5-4-8-30-16)19(27)29-11(2)18(26)24-20(28)22-12-6-7-12/h4-5,8-12H,3,6-7H2,1-2H3,(H2,22,24,26,28). The molecule has 4 rings (SSSR count). The van der Waals surface area contributed by atoms with Crippen molar-refractivity contribution in [1.82, 2.24) is 25.4 Å². The van der Waals surface area contributed by atoms with Gasteiger partial charge in [0.1, 0.15) is 0 Å². The van der Waals surface area contributed by atoms with Crippen LogP contribution in [0.2, 0.25) is 0 Å². The summed E-state index contributed by atoms with van der Waals surface area (Å²) in [6.45, 7) is 3.95. The number of aromatic nitrogens is 3. The molecule has 0 aromatic carbocycles. The molecule has 2 N–H and O–H groups in total. The van der Waals surface area contributed by atoms with Crippen molar-refractivity contribution in [3.63, 3.8) is 0 Å². The molecule has 0 bridgehead atoms. The molecular weight excluding hydrogens is 406 g/mol. The minimum atomic E-state index is -1.14. The smallest absolute Gasteiger partial charge is 0.339 e. The average Bonchev–Trinajstić information content (AvgIpc) is 3.20. The maximum absolute atomic E-state index is 12.9. The lowest BCUT2D eigenvalue weighted by atomic mass is 10.1. The molecule has 1 saturated carbocycles. The summed E-state index contributed by atoms with van der Waals surface area (Å²) < 4.78 is 7.05. The van der Waals surface area contributed by atoms with Gasteiger partial charge in [0.15, 0.2) is 11.8 Å². The van der Waals surface area contributed by atoms with Crippen molar-refractivity contribution in [3.8, 4) is 10.6 Å². The average molecular weight is 427 g/mol. The largest absolute Gasteiger partial charge is 0.449 e. The molecule has 30 heavy (non-hydrogen) atoms. The maximum Gasteiger partial charge on any atom is 0.339 e. The zero-order valence-electron chi connectivity index (χ0n) is 16.5. The summed E-state index contributed by atoms with van der Waals surface area (Å²) in [5.41, 5.74) is 1.46. The van der Waals surface area contributed by atoms with Crippen LogP contribution in [0.4, 0.5) is 4.79 Å². The number of ether oxygens (including phenoxy) is 1. The van der Waals surface area contributed by atoms with E-state index in [1.807, 2.05) is 24.4 Å². The van der Waals surface area contributed by atoms with Crippen molar-refractivity contribution < 1.29 is 19.1 Å². The number of rotatable bonds is 6. The number of aryl methyl sites for hydroxylation is 1. The predicted octanol–water partition coefficient (Wildman–Crippen LogP) is 2.71. The molecular formula is C20H21N5O4S. The summed E-state index contributed by atoms with van der Waals surface area (Å²) in [5, 5.41) is 11.6. The molecule has 1 aliphatic carbocycles. The molecule has 0 aliphatic heterocycles. The van der Waals surface area contributed by atoms with E-state index in [9.17, 15) is 14.4 Å². The highest BCUT2D eigenvalue weighted by Gasteiger charge is 2.27. The number of urea groups is 1. The fraction of sp³-hybridized carbons (Fsp3) is 0.350. The Morgan fingerprint density at radius 2 is 2.17 bits per heavy atom. The molecule has 0 radical (unpaired) electrons. The van der Waals surface area contributed by atoms with Gasteiger partial charge in [-0.25, -0.2) is 19.3 Å². The number of thiophene rings is 1. The first-order valence-electron chi connectivity index (χ1n) is 9.69. The third-order valence-corrected chi connectivity index (χ3v) is 5.60. The van der Waals surface area contributed by atoms with Gasteiger partial charge in [0.25, 0.3) is 5.91 Å². The first-order valence-corrected chi connectivity index (χ1v) is 10.6. The number of hydrogen-bond acceptors (Lipinski definition) is 7. The number of esters is 1. The van der Waals surface area contributed by atoms with Gasteiger partial charge < -0.3 is 10.1 Å². The first-order chi connectivity index (χ1) is 14.5. The minimum absolute atomic E-state index is 0.117. The van der Waals surface area contributed by atoms with Crippen molar-refractivity contribution in [2.45, 2.75) is 45.4 Å². The van der Waals surface area contributed by atoms with E-state index in [4.69, 9.17) is 4.74 Å². The molecule has 9 nitrogen and oxygen atoms in total. The van der Waals surface area contributed by atoms with Gasteiger partial charge in [0.2, 0.25) is 0 Å². The number of nitrogens with zero attached hydrogens (tertiary/aromatic N) is 3. The van der Waals surface area contributed by atoms with Crippen molar-refractivity contribution in [3.05, 3.63) is 35.3 Å². The van der Waals surface area contributed by atoms with Gasteiger partial charge in [-0.1, -0.05) is 6.07 Å². The molecule has 1 unspecified atom stereocenters. The summed E-state index contributed by atoms with van der Waals surface area (Å²) in [5.74, 6) is -1.37. The van der Waals surface area contributed by atoms with E-state index in [0.29, 0.717) is 23.3 Å². The van der Waals surface area contributed by atoms with Crippen LogP contribution < -0.4 is 10.6 Å². The van der Waals surface area contributed by atoms with Crippen molar-refractivity contribution in [1.29, 1.82) is 0 Å². The Morgan fingerprint density at radius 1 is 1.37 bits per heavy atom. The van der Waals surface area contributed by atoms with Crippen LogP contribution >= 0.6 is 11.3 Å². The maximum atomic E-state index is 12.9. The number of carbonyl (C=O) groups excluding carboxylic acids is 3. The van der Waals surface area contributed by atoms with Crippen molar-refractivity contribution in [2.24, 2.45) is 0 Å². The number of imide groups is 1. The molecule has 3 aromatic heterocycles. The minimum Gasteiger partial charge on any atom is -0.449 e. The molecule has 3 heterocycles. The van der Waals surface area contributed by atoms with Gasteiger partial charge in [0.05, 0.1) is 27.7 Å². The van der Waals surface area contributed by atoms with Gasteiger partial charge in [-0.15, -0.1) is 11.3 Å². The van der Waals surface area contributed by atoms with Crippen LogP contribution in [0, 0.1) is 0 Å². The monoisotopic (exact) mass is 427 g/mol. The third kappa shape index (κ3) is 4.18. The van der Waals surface area contributed by atoms with E-state index in [-0.39, 0.29) is 11.6 Å². The Bertz CT molecular complexity index is 1100. The van der Waals surface area contributed by atoms with E-state index < -0.39 is 24.0 Å². The number of carbonyl (C=O) groups is 3. The summed E-state index contributed by atoms with van der Waals surface area (Å²) >= 11 is 1.50. The molecule has 1 atom stereocenters. The van der Waals surface area contributed by atoms with E-state index in [2.05, 4.69) is 20.7 Å². The Labute approximate surface area is 176 Å². The lowest BCUT2D eigenvalue weighted by Gasteiger charge is -2.14.